The predicted molar refractivity (Wildman–Crippen MR) is 123 cm³/mol. The van der Waals surface area contributed by atoms with Crippen molar-refractivity contribution in [3.05, 3.63) is 72.3 Å². The summed E-state index contributed by atoms with van der Waals surface area (Å²) in [6.45, 7) is 1.80. The number of aliphatic imine (C=N–C) groups is 1. The topological polar surface area (TPSA) is 174 Å². The summed E-state index contributed by atoms with van der Waals surface area (Å²) in [5, 5.41) is 29.7. The molecule has 0 saturated heterocycles. The van der Waals surface area contributed by atoms with E-state index in [1.54, 1.807) is 37.4 Å². The van der Waals surface area contributed by atoms with E-state index in [0.29, 0.717) is 5.58 Å². The van der Waals surface area contributed by atoms with Gasteiger partial charge in [0.2, 0.25) is 5.43 Å². The second kappa shape index (κ2) is 8.04. The number of aromatic nitrogens is 1. The highest BCUT2D eigenvalue weighted by Gasteiger charge is 2.28. The van der Waals surface area contributed by atoms with Gasteiger partial charge in [-0.1, -0.05) is 11.6 Å². The maximum absolute atomic E-state index is 13.3. The molecule has 2 aromatic heterocycles. The fraction of sp³-hybridized carbons (Fsp3) is 0.0909. The quantitative estimate of drug-likeness (QED) is 0.587. The Bertz CT molecular complexity index is 1670. The van der Waals surface area contributed by atoms with Gasteiger partial charge in [0.1, 0.15) is 57.6 Å². The van der Waals surface area contributed by atoms with Crippen LogP contribution in [-0.2, 0) is 0 Å². The monoisotopic (exact) mass is 455 g/mol. The number of amidine groups is 1. The summed E-state index contributed by atoms with van der Waals surface area (Å²) in [6.07, 6.45) is 2.76. The number of hydrogen-bond donors (Lipinski definition) is 2. The summed E-state index contributed by atoms with van der Waals surface area (Å²) in [5.41, 5.74) is 7.32. The zero-order chi connectivity index (χ0) is 23.9. The third-order valence-corrected chi connectivity index (χ3v) is 5.72. The van der Waals surface area contributed by atoms with Gasteiger partial charge in [-0.3, -0.25) is 15.0 Å². The first-order valence-corrected chi connectivity index (χ1v) is 10.5. The van der Waals surface area contributed by atoms with Crippen molar-refractivity contribution >= 4 is 34.4 Å². The van der Waals surface area contributed by atoms with Crippen LogP contribution in [0.25, 0.3) is 22.1 Å². The van der Waals surface area contributed by atoms with Crippen molar-refractivity contribution in [2.24, 2.45) is 10.7 Å². The van der Waals surface area contributed by atoms with Gasteiger partial charge < -0.3 is 10.2 Å². The molecule has 0 bridgehead atoms. The number of hydrogen-bond acceptors (Lipinski definition) is 10. The van der Waals surface area contributed by atoms with Gasteiger partial charge in [-0.2, -0.15) is 20.5 Å². The van der Waals surface area contributed by atoms with Crippen molar-refractivity contribution in [3.63, 3.8) is 0 Å². The number of aryl methyl sites for hydroxylation is 1. The van der Waals surface area contributed by atoms with Crippen molar-refractivity contribution < 1.29 is 4.42 Å². The molecule has 0 unspecified atom stereocenters. The molecule has 33 heavy (non-hydrogen) atoms. The van der Waals surface area contributed by atoms with Gasteiger partial charge in [-0.05, 0) is 25.3 Å². The van der Waals surface area contributed by atoms with Crippen molar-refractivity contribution in [1.82, 2.24) is 4.68 Å². The molecule has 10 nitrogen and oxygen atoms in total. The zero-order valence-corrected chi connectivity index (χ0v) is 18.1. The molecule has 1 aliphatic rings. The summed E-state index contributed by atoms with van der Waals surface area (Å²) in [7, 11) is 0. The van der Waals surface area contributed by atoms with E-state index in [1.165, 1.54) is 0 Å². The Morgan fingerprint density at radius 3 is 2.52 bits per heavy atom. The van der Waals surface area contributed by atoms with E-state index in [-0.39, 0.29) is 44.3 Å². The second-order valence-electron chi connectivity index (χ2n) is 6.92. The lowest BCUT2D eigenvalue weighted by Crippen LogP contribution is -2.31. The van der Waals surface area contributed by atoms with E-state index in [1.807, 2.05) is 12.1 Å². The Hall–Kier alpha value is -4.79. The van der Waals surface area contributed by atoms with E-state index in [9.17, 15) is 25.4 Å². The van der Waals surface area contributed by atoms with E-state index >= 15 is 0 Å². The van der Waals surface area contributed by atoms with Crippen LogP contribution in [0, 0.1) is 40.9 Å². The summed E-state index contributed by atoms with van der Waals surface area (Å²) in [6, 6.07) is 10.6. The third-order valence-electron chi connectivity index (χ3n) is 5.01. The van der Waals surface area contributed by atoms with Gasteiger partial charge in [0.05, 0.1) is 10.9 Å². The van der Waals surface area contributed by atoms with E-state index in [0.717, 1.165) is 28.3 Å². The van der Waals surface area contributed by atoms with Crippen LogP contribution in [0.3, 0.4) is 0 Å². The highest BCUT2D eigenvalue weighted by Crippen LogP contribution is 2.33. The molecule has 0 spiro atoms. The molecule has 3 heterocycles. The Kier molecular flexibility index (Phi) is 5.23. The van der Waals surface area contributed by atoms with E-state index in [2.05, 4.69) is 10.4 Å². The van der Waals surface area contributed by atoms with Crippen molar-refractivity contribution in [2.75, 3.05) is 11.7 Å². The SMILES string of the molecule is CSC1=C(C#N)C(N)=Nc2c(C#N)c(-c3coc4ccc(C)cc4c3=O)c(C#N)c(=O)n2N1. The first-order valence-electron chi connectivity index (χ1n) is 9.31. The number of pyridine rings is 1. The molecule has 4 rings (SSSR count). The maximum atomic E-state index is 13.3. The number of nitrogens with one attached hydrogen (secondary N) is 1. The average molecular weight is 455 g/mol. The van der Waals surface area contributed by atoms with Gasteiger partial charge in [0.15, 0.2) is 5.82 Å². The molecule has 1 aliphatic heterocycles. The van der Waals surface area contributed by atoms with Gasteiger partial charge in [0, 0.05) is 5.56 Å². The summed E-state index contributed by atoms with van der Waals surface area (Å²) >= 11 is 1.10. The molecule has 11 heteroatoms. The van der Waals surface area contributed by atoms with E-state index in [4.69, 9.17) is 10.2 Å². The number of nitrogens with two attached hydrogens (primary N) is 1. The lowest BCUT2D eigenvalue weighted by molar-refractivity contribution is 0.604. The van der Waals surface area contributed by atoms with Crippen LogP contribution >= 0.6 is 11.8 Å². The number of benzene rings is 1. The first kappa shape index (κ1) is 21.4. The third kappa shape index (κ3) is 3.23. The zero-order valence-electron chi connectivity index (χ0n) is 17.3. The fourth-order valence-electron chi connectivity index (χ4n) is 3.47. The Morgan fingerprint density at radius 1 is 1.15 bits per heavy atom. The van der Waals surface area contributed by atoms with Gasteiger partial charge >= 0.3 is 0 Å². The van der Waals surface area contributed by atoms with Gasteiger partial charge in [-0.15, -0.1) is 11.8 Å². The smallest absolute Gasteiger partial charge is 0.289 e. The largest absolute Gasteiger partial charge is 0.463 e. The lowest BCUT2D eigenvalue weighted by Gasteiger charge is -2.16. The predicted octanol–water partition coefficient (Wildman–Crippen LogP) is 2.32. The lowest BCUT2D eigenvalue weighted by atomic mass is 9.96. The van der Waals surface area contributed by atoms with Crippen LogP contribution in [0.2, 0.25) is 0 Å². The molecule has 1 aromatic carbocycles. The Labute approximate surface area is 190 Å². The van der Waals surface area contributed by atoms with Crippen molar-refractivity contribution in [3.8, 4) is 29.3 Å². The molecule has 0 saturated carbocycles. The van der Waals surface area contributed by atoms with Crippen molar-refractivity contribution in [2.45, 2.75) is 6.92 Å². The minimum atomic E-state index is -0.868. The average Bonchev–Trinajstić information content (AvgIpc) is 2.95. The first-order chi connectivity index (χ1) is 15.9. The highest BCUT2D eigenvalue weighted by molar-refractivity contribution is 8.02. The maximum Gasteiger partial charge on any atom is 0.289 e. The van der Waals surface area contributed by atoms with Crippen LogP contribution < -0.4 is 22.1 Å². The Balaban J connectivity index is 2.17. The van der Waals surface area contributed by atoms with E-state index < -0.39 is 16.6 Å². The molecule has 3 aromatic rings. The van der Waals surface area contributed by atoms with Crippen LogP contribution in [0.1, 0.15) is 16.7 Å². The molecule has 0 amide bonds. The molecule has 3 N–H and O–H groups in total. The Morgan fingerprint density at radius 2 is 1.88 bits per heavy atom. The molecule has 0 aliphatic carbocycles. The normalized spacial score (nSPS) is 12.6. The number of rotatable bonds is 2. The van der Waals surface area contributed by atoms with Crippen LogP contribution in [0.5, 0.6) is 0 Å². The minimum absolute atomic E-state index is 0.0322. The number of nitriles is 3. The molecule has 0 fully saturated rings. The molecular weight excluding hydrogens is 442 g/mol. The second-order valence-corrected chi connectivity index (χ2v) is 7.74. The van der Waals surface area contributed by atoms with Crippen LogP contribution in [-0.4, -0.2) is 16.8 Å². The standard InChI is InChI=1S/C22H13N7O3S/c1-10-3-4-16-11(5-10)18(30)15(9-32-16)17-12(6-23)20-27-19(26)14(8-25)21(33-2)28-29(20)22(31)13(17)7-24/h3-5,9,28H,1-2H3,(H2,26,27). The molecule has 0 radical (unpaired) electrons. The molecule has 160 valence electrons. The summed E-state index contributed by atoms with van der Waals surface area (Å²) in [4.78, 5) is 30.7. The number of fused-ring (bicyclic) bond motifs is 2. The number of thioether (sulfide) groups is 1. The van der Waals surface area contributed by atoms with Crippen LogP contribution in [0.15, 0.2) is 54.1 Å². The number of nitrogens with zero attached hydrogens (tertiary/aromatic N) is 5. The van der Waals surface area contributed by atoms with Gasteiger partial charge in [-0.25, -0.2) is 4.99 Å². The van der Waals surface area contributed by atoms with Crippen molar-refractivity contribution in [1.29, 1.82) is 15.8 Å². The molecule has 0 atom stereocenters. The highest BCUT2D eigenvalue weighted by atomic mass is 32.2. The summed E-state index contributed by atoms with van der Waals surface area (Å²) < 4.78 is 6.44. The fourth-order valence-corrected chi connectivity index (χ4v) is 4.01. The minimum Gasteiger partial charge on any atom is -0.463 e. The molecular formula is C22H13N7O3S. The summed E-state index contributed by atoms with van der Waals surface area (Å²) in [5.74, 6) is -0.470. The van der Waals surface area contributed by atoms with Gasteiger partial charge in [0.25, 0.3) is 5.56 Å². The van der Waals surface area contributed by atoms with Crippen LogP contribution in [0.4, 0.5) is 5.82 Å².